The Morgan fingerprint density at radius 1 is 1.36 bits per heavy atom. The number of phenols is 1. The Bertz CT molecular complexity index is 652. The summed E-state index contributed by atoms with van der Waals surface area (Å²) in [4.78, 5) is 24.6. The van der Waals surface area contributed by atoms with E-state index >= 15 is 0 Å². The van der Waals surface area contributed by atoms with E-state index in [1.54, 1.807) is 12.1 Å². The van der Waals surface area contributed by atoms with Gasteiger partial charge in [0.05, 0.1) is 29.7 Å². The first-order valence-corrected chi connectivity index (χ1v) is 6.67. The maximum absolute atomic E-state index is 12.0. The number of nitrogens with zero attached hydrogens (tertiary/aromatic N) is 1. The van der Waals surface area contributed by atoms with Gasteiger partial charge < -0.3 is 25.0 Å². The number of carboxylic acid groups (broad SMARTS) is 1. The summed E-state index contributed by atoms with van der Waals surface area (Å²) in [6.45, 7) is 1.52. The van der Waals surface area contributed by atoms with E-state index in [4.69, 9.17) is 0 Å². The Kier molecular flexibility index (Phi) is 5.15. The van der Waals surface area contributed by atoms with Gasteiger partial charge in [-0.05, 0) is 36.6 Å². The Morgan fingerprint density at radius 2 is 1.95 bits per heavy atom. The molecule has 1 aromatic carbocycles. The molecule has 0 spiro atoms. The van der Waals surface area contributed by atoms with E-state index in [-0.39, 0.29) is 74.8 Å². The summed E-state index contributed by atoms with van der Waals surface area (Å²) in [6, 6.07) is 5.77. The number of carbonyl (C=O) groups is 2. The van der Waals surface area contributed by atoms with Crippen LogP contribution in [-0.2, 0) is 9.59 Å². The second-order valence-electron chi connectivity index (χ2n) is 5.41. The van der Waals surface area contributed by atoms with Crippen LogP contribution < -0.4 is 56.5 Å². The predicted molar refractivity (Wildman–Crippen MR) is 70.5 cm³/mol. The molecular formula is C15H14KNO5. The molecule has 3 atom stereocenters. The fourth-order valence-corrected chi connectivity index (χ4v) is 3.18. The number of hydrogen-bond donors (Lipinski definition) is 2. The molecule has 0 unspecified atom stereocenters. The summed E-state index contributed by atoms with van der Waals surface area (Å²) in [5, 5.41) is 30.3. The number of carbonyl (C=O) groups excluding carboxylic acids is 2. The van der Waals surface area contributed by atoms with Crippen molar-refractivity contribution in [3.63, 3.8) is 0 Å². The normalized spacial score (nSPS) is 24.5. The summed E-state index contributed by atoms with van der Waals surface area (Å²) in [5.74, 6) is -2.29. The summed E-state index contributed by atoms with van der Waals surface area (Å²) < 4.78 is 0. The number of β-lactam (4-membered cyclic amide) rings is 1. The van der Waals surface area contributed by atoms with Crippen molar-refractivity contribution in [2.24, 2.45) is 5.92 Å². The number of aromatic hydroxyl groups is 1. The van der Waals surface area contributed by atoms with Crippen LogP contribution in [0.4, 0.5) is 0 Å². The molecule has 3 rings (SSSR count). The fraction of sp³-hybridized carbons (Fsp3) is 0.333. The van der Waals surface area contributed by atoms with Crippen molar-refractivity contribution < 1.29 is 76.3 Å². The van der Waals surface area contributed by atoms with Gasteiger partial charge in [-0.25, -0.2) is 0 Å². The van der Waals surface area contributed by atoms with Gasteiger partial charge in [-0.1, -0.05) is 12.1 Å². The van der Waals surface area contributed by atoms with Crippen LogP contribution in [0.5, 0.6) is 5.75 Å². The Labute approximate surface area is 169 Å². The van der Waals surface area contributed by atoms with E-state index in [0.29, 0.717) is 17.6 Å². The van der Waals surface area contributed by atoms with Crippen molar-refractivity contribution in [3.8, 4) is 5.75 Å². The predicted octanol–water partition coefficient (Wildman–Crippen LogP) is -3.53. The third-order valence-electron chi connectivity index (χ3n) is 4.14. The molecule has 1 amide bonds. The Hall–Kier alpha value is -0.704. The van der Waals surface area contributed by atoms with Gasteiger partial charge in [0, 0.05) is 0 Å². The molecule has 1 fully saturated rings. The van der Waals surface area contributed by atoms with E-state index in [1.807, 2.05) is 0 Å². The molecule has 110 valence electrons. The van der Waals surface area contributed by atoms with Crippen LogP contribution in [0.1, 0.15) is 18.9 Å². The second kappa shape index (κ2) is 6.42. The quantitative estimate of drug-likeness (QED) is 0.443. The summed E-state index contributed by atoms with van der Waals surface area (Å²) in [6.07, 6.45) is -0.462. The molecule has 6 nitrogen and oxygen atoms in total. The zero-order valence-corrected chi connectivity index (χ0v) is 15.4. The van der Waals surface area contributed by atoms with Gasteiger partial charge in [-0.2, -0.15) is 0 Å². The van der Waals surface area contributed by atoms with Crippen LogP contribution in [-0.4, -0.2) is 39.1 Å². The van der Waals surface area contributed by atoms with Gasteiger partial charge in [0.15, 0.2) is 0 Å². The van der Waals surface area contributed by atoms with Gasteiger partial charge in [0.2, 0.25) is 5.91 Å². The molecule has 2 heterocycles. The van der Waals surface area contributed by atoms with Crippen LogP contribution in [0.2, 0.25) is 0 Å². The van der Waals surface area contributed by atoms with E-state index in [1.165, 1.54) is 24.0 Å². The molecule has 1 aromatic rings. The fourth-order valence-electron chi connectivity index (χ4n) is 3.18. The van der Waals surface area contributed by atoms with Gasteiger partial charge in [-0.3, -0.25) is 4.79 Å². The average Bonchev–Trinajstić information content (AvgIpc) is 2.74. The van der Waals surface area contributed by atoms with Crippen molar-refractivity contribution in [1.29, 1.82) is 0 Å². The van der Waals surface area contributed by atoms with E-state index < -0.39 is 18.0 Å². The van der Waals surface area contributed by atoms with E-state index in [2.05, 4.69) is 0 Å². The van der Waals surface area contributed by atoms with Crippen molar-refractivity contribution in [3.05, 3.63) is 35.5 Å². The minimum absolute atomic E-state index is 0. The maximum Gasteiger partial charge on any atom is 1.00 e. The van der Waals surface area contributed by atoms with Gasteiger partial charge in [0.1, 0.15) is 5.75 Å². The second-order valence-corrected chi connectivity index (χ2v) is 5.41. The van der Waals surface area contributed by atoms with Crippen molar-refractivity contribution >= 4 is 17.4 Å². The third kappa shape index (κ3) is 2.66. The molecule has 0 bridgehead atoms. The van der Waals surface area contributed by atoms with Crippen molar-refractivity contribution in [2.45, 2.75) is 25.5 Å². The molecule has 0 aliphatic carbocycles. The average molecular weight is 327 g/mol. The minimum atomic E-state index is -1.40. The molecule has 2 aliphatic rings. The number of fused-ring (bicyclic) bond motifs is 1. The maximum atomic E-state index is 12.0. The zero-order valence-electron chi connectivity index (χ0n) is 12.3. The van der Waals surface area contributed by atoms with Gasteiger partial charge in [-0.15, -0.1) is 0 Å². The first-order chi connectivity index (χ1) is 9.91. The summed E-state index contributed by atoms with van der Waals surface area (Å²) in [5.41, 5.74) is 0.989. The molecule has 22 heavy (non-hydrogen) atoms. The van der Waals surface area contributed by atoms with Crippen LogP contribution >= 0.6 is 0 Å². The van der Waals surface area contributed by atoms with Crippen LogP contribution in [0, 0.1) is 5.92 Å². The standard InChI is InChI=1S/C15H15NO5.K/c1-7(17)12-11-6-10(8-2-4-9(18)5-3-8)13(15(20)21)16(11)14(12)19;/h2-5,7,11-12,17-18H,6H2,1H3,(H,20,21);/q;+1/p-1/t7-,11-,12-;/m1./s1. The van der Waals surface area contributed by atoms with Crippen LogP contribution in [0.3, 0.4) is 0 Å². The van der Waals surface area contributed by atoms with E-state index in [0.717, 1.165) is 0 Å². The number of hydrogen-bond acceptors (Lipinski definition) is 5. The number of rotatable bonds is 3. The first-order valence-electron chi connectivity index (χ1n) is 6.67. The number of benzene rings is 1. The number of aliphatic carboxylic acids is 1. The number of aliphatic hydroxyl groups is 1. The van der Waals surface area contributed by atoms with Crippen LogP contribution in [0.25, 0.3) is 5.57 Å². The topological polar surface area (TPSA) is 101 Å². The largest absolute Gasteiger partial charge is 1.00 e. The van der Waals surface area contributed by atoms with E-state index in [9.17, 15) is 24.9 Å². The molecule has 7 heteroatoms. The number of phenolic OH excluding ortho intramolecular Hbond substituents is 1. The Morgan fingerprint density at radius 3 is 2.45 bits per heavy atom. The van der Waals surface area contributed by atoms with Crippen molar-refractivity contribution in [2.75, 3.05) is 0 Å². The zero-order chi connectivity index (χ0) is 15.3. The molecule has 1 saturated heterocycles. The monoisotopic (exact) mass is 327 g/mol. The number of amides is 1. The summed E-state index contributed by atoms with van der Waals surface area (Å²) >= 11 is 0. The molecule has 0 saturated carbocycles. The molecule has 0 aromatic heterocycles. The molecule has 0 radical (unpaired) electrons. The van der Waals surface area contributed by atoms with Gasteiger partial charge in [0.25, 0.3) is 0 Å². The van der Waals surface area contributed by atoms with Crippen molar-refractivity contribution in [1.82, 2.24) is 4.90 Å². The SMILES string of the molecule is C[C@@H](O)[C@H]1C(=O)N2C(C(=O)[O-])=C(c3ccc(O)cc3)C[C@H]12.[K+]. The minimum Gasteiger partial charge on any atom is -0.543 e. The first kappa shape index (κ1) is 17.6. The van der Waals surface area contributed by atoms with Crippen LogP contribution in [0.15, 0.2) is 30.0 Å². The third-order valence-corrected chi connectivity index (χ3v) is 4.14. The Balaban J connectivity index is 0.00000176. The molecule has 2 N–H and O–H groups in total. The smallest absolute Gasteiger partial charge is 0.543 e. The summed E-state index contributed by atoms with van der Waals surface area (Å²) in [7, 11) is 0. The molecule has 2 aliphatic heterocycles. The van der Waals surface area contributed by atoms with Gasteiger partial charge >= 0.3 is 51.4 Å². The molecular weight excluding hydrogens is 313 g/mol. The number of carboxylic acids is 1. The number of aliphatic hydroxyl groups excluding tert-OH is 1.